The summed E-state index contributed by atoms with van der Waals surface area (Å²) < 4.78 is 27.9. The number of anilines is 1. The highest BCUT2D eigenvalue weighted by molar-refractivity contribution is 5.98. The highest BCUT2D eigenvalue weighted by atomic mass is 19.3. The summed E-state index contributed by atoms with van der Waals surface area (Å²) in [6.45, 7) is 2.48. The molecule has 0 bridgehead atoms. The summed E-state index contributed by atoms with van der Waals surface area (Å²) in [4.78, 5) is 37.6. The van der Waals surface area contributed by atoms with E-state index in [9.17, 15) is 23.2 Å². The monoisotopic (exact) mass is 393 g/mol. The molecule has 1 aromatic rings. The molecule has 1 atom stereocenters. The van der Waals surface area contributed by atoms with E-state index < -0.39 is 30.3 Å². The van der Waals surface area contributed by atoms with E-state index >= 15 is 0 Å². The number of carbonyl (C=O) groups excluding carboxylic acids is 3. The number of hydrogen-bond acceptors (Lipinski definition) is 3. The molecule has 0 aromatic heterocycles. The Kier molecular flexibility index (Phi) is 5.41. The third-order valence-electron chi connectivity index (χ3n) is 5.25. The van der Waals surface area contributed by atoms with Gasteiger partial charge in [0.25, 0.3) is 11.8 Å². The van der Waals surface area contributed by atoms with Gasteiger partial charge in [0.15, 0.2) is 0 Å². The Bertz CT molecular complexity index is 795. The van der Waals surface area contributed by atoms with Gasteiger partial charge in [-0.1, -0.05) is 13.0 Å². The largest absolute Gasteiger partial charge is 0.350 e. The van der Waals surface area contributed by atoms with Crippen molar-refractivity contribution in [2.24, 2.45) is 5.92 Å². The van der Waals surface area contributed by atoms with E-state index in [-0.39, 0.29) is 30.7 Å². The molecular weight excluding hydrogens is 368 g/mol. The summed E-state index contributed by atoms with van der Waals surface area (Å²) in [5, 5.41) is 5.44. The lowest BCUT2D eigenvalue weighted by molar-refractivity contribution is -0.135. The normalized spacial score (nSPS) is 23.4. The maximum atomic E-state index is 13.9. The second-order valence-electron chi connectivity index (χ2n) is 7.89. The molecule has 6 nitrogen and oxygen atoms in total. The van der Waals surface area contributed by atoms with Crippen molar-refractivity contribution < 1.29 is 23.2 Å². The number of alkyl halides is 2. The first-order valence-electron chi connectivity index (χ1n) is 9.51. The van der Waals surface area contributed by atoms with E-state index in [1.165, 1.54) is 4.90 Å². The Morgan fingerprint density at radius 1 is 1.25 bits per heavy atom. The molecule has 0 radical (unpaired) electrons. The maximum Gasteiger partial charge on any atom is 0.267 e. The molecule has 1 aliphatic heterocycles. The van der Waals surface area contributed by atoms with Crippen molar-refractivity contribution in [3.8, 4) is 0 Å². The van der Waals surface area contributed by atoms with Crippen LogP contribution < -0.4 is 10.6 Å². The van der Waals surface area contributed by atoms with Crippen molar-refractivity contribution in [2.75, 3.05) is 18.4 Å². The van der Waals surface area contributed by atoms with E-state index in [1.807, 2.05) is 0 Å². The fourth-order valence-corrected chi connectivity index (χ4v) is 3.57. The Hall–Kier alpha value is -2.51. The van der Waals surface area contributed by atoms with Crippen LogP contribution in [0.4, 0.5) is 14.5 Å². The number of nitrogens with zero attached hydrogens (tertiary/aromatic N) is 1. The number of likely N-dealkylation sites (tertiary alicyclic amines) is 1. The predicted molar refractivity (Wildman–Crippen MR) is 100 cm³/mol. The molecule has 2 aliphatic rings. The van der Waals surface area contributed by atoms with Gasteiger partial charge < -0.3 is 15.5 Å². The van der Waals surface area contributed by atoms with E-state index in [2.05, 4.69) is 10.6 Å². The lowest BCUT2D eigenvalue weighted by Gasteiger charge is -2.34. The first-order chi connectivity index (χ1) is 13.1. The topological polar surface area (TPSA) is 78.5 Å². The van der Waals surface area contributed by atoms with Crippen LogP contribution in [-0.4, -0.2) is 47.2 Å². The van der Waals surface area contributed by atoms with Crippen LogP contribution in [0.15, 0.2) is 24.3 Å². The minimum Gasteiger partial charge on any atom is -0.350 e. The van der Waals surface area contributed by atoms with E-state index in [0.29, 0.717) is 11.3 Å². The average Bonchev–Trinajstić information content (AvgIpc) is 3.45. The highest BCUT2D eigenvalue weighted by Gasteiger charge is 2.53. The van der Waals surface area contributed by atoms with E-state index in [4.69, 9.17) is 0 Å². The quantitative estimate of drug-likeness (QED) is 0.780. The summed E-state index contributed by atoms with van der Waals surface area (Å²) >= 11 is 0. The standard InChI is InChI=1S/C20H25F2N3O3/c1-3-16(26)25-12-20(21,22)10-19(25,2)11-23-17(27)14-5-4-6-15(9-14)24-18(28)13-7-8-13/h4-6,9,13H,3,7-8,10-12H2,1-2H3,(H,23,27)(H,24,28). The number of carbonyl (C=O) groups is 3. The predicted octanol–water partition coefficient (Wildman–Crippen LogP) is 2.80. The SMILES string of the molecule is CCC(=O)N1CC(F)(F)CC1(C)CNC(=O)c1cccc(NC(=O)C2CC2)c1. The Morgan fingerprint density at radius 2 is 1.96 bits per heavy atom. The Balaban J connectivity index is 1.65. The van der Waals surface area contributed by atoms with E-state index in [1.54, 1.807) is 38.1 Å². The first-order valence-corrected chi connectivity index (χ1v) is 9.51. The van der Waals surface area contributed by atoms with Crippen molar-refractivity contribution in [3.63, 3.8) is 0 Å². The lowest BCUT2D eigenvalue weighted by Crippen LogP contribution is -2.52. The molecule has 1 heterocycles. The minimum atomic E-state index is -2.97. The third-order valence-corrected chi connectivity index (χ3v) is 5.25. The third kappa shape index (κ3) is 4.48. The van der Waals surface area contributed by atoms with Gasteiger partial charge in [-0.05, 0) is 38.0 Å². The van der Waals surface area contributed by atoms with Gasteiger partial charge in [0.2, 0.25) is 11.8 Å². The summed E-state index contributed by atoms with van der Waals surface area (Å²) in [5.74, 6) is -3.80. The molecular formula is C20H25F2N3O3. The summed E-state index contributed by atoms with van der Waals surface area (Å²) in [6, 6.07) is 6.48. The number of halogens is 2. The van der Waals surface area contributed by atoms with Gasteiger partial charge in [0.1, 0.15) is 0 Å². The molecule has 1 aromatic carbocycles. The van der Waals surface area contributed by atoms with Gasteiger partial charge in [-0.25, -0.2) is 8.78 Å². The smallest absolute Gasteiger partial charge is 0.267 e. The van der Waals surface area contributed by atoms with Crippen molar-refractivity contribution in [3.05, 3.63) is 29.8 Å². The van der Waals surface area contributed by atoms with Crippen molar-refractivity contribution in [1.82, 2.24) is 10.2 Å². The molecule has 1 aliphatic carbocycles. The fraction of sp³-hybridized carbons (Fsp3) is 0.550. The summed E-state index contributed by atoms with van der Waals surface area (Å²) in [6.07, 6.45) is 1.39. The van der Waals surface area contributed by atoms with Crippen LogP contribution in [0.2, 0.25) is 0 Å². The van der Waals surface area contributed by atoms with Gasteiger partial charge in [0.05, 0.1) is 12.1 Å². The van der Waals surface area contributed by atoms with Crippen molar-refractivity contribution in [2.45, 2.75) is 51.0 Å². The number of rotatable bonds is 6. The lowest BCUT2D eigenvalue weighted by atomic mass is 9.97. The van der Waals surface area contributed by atoms with Crippen molar-refractivity contribution in [1.29, 1.82) is 0 Å². The Labute approximate surface area is 162 Å². The van der Waals surface area contributed by atoms with Crippen LogP contribution in [0.5, 0.6) is 0 Å². The molecule has 3 amide bonds. The minimum absolute atomic E-state index is 0.0450. The number of nitrogens with one attached hydrogen (secondary N) is 2. The van der Waals surface area contributed by atoms with Crippen LogP contribution in [0.3, 0.4) is 0 Å². The van der Waals surface area contributed by atoms with Gasteiger partial charge in [-0.15, -0.1) is 0 Å². The zero-order valence-electron chi connectivity index (χ0n) is 16.1. The second-order valence-corrected chi connectivity index (χ2v) is 7.89. The van der Waals surface area contributed by atoms with Crippen molar-refractivity contribution >= 4 is 23.4 Å². The van der Waals surface area contributed by atoms with Gasteiger partial charge in [0, 0.05) is 36.6 Å². The zero-order chi connectivity index (χ0) is 20.5. The zero-order valence-corrected chi connectivity index (χ0v) is 16.1. The Morgan fingerprint density at radius 3 is 2.61 bits per heavy atom. The molecule has 8 heteroatoms. The van der Waals surface area contributed by atoms with Gasteiger partial charge in [-0.3, -0.25) is 14.4 Å². The van der Waals surface area contributed by atoms with Crippen LogP contribution in [-0.2, 0) is 9.59 Å². The molecule has 1 saturated heterocycles. The van der Waals surface area contributed by atoms with E-state index in [0.717, 1.165) is 12.8 Å². The number of amides is 3. The summed E-state index contributed by atoms with van der Waals surface area (Å²) in [7, 11) is 0. The average molecular weight is 393 g/mol. The van der Waals surface area contributed by atoms with Crippen LogP contribution >= 0.6 is 0 Å². The number of hydrogen-bond donors (Lipinski definition) is 2. The van der Waals surface area contributed by atoms with Gasteiger partial charge in [-0.2, -0.15) is 0 Å². The molecule has 1 unspecified atom stereocenters. The molecule has 1 saturated carbocycles. The molecule has 2 N–H and O–H groups in total. The second kappa shape index (κ2) is 7.48. The summed E-state index contributed by atoms with van der Waals surface area (Å²) in [5.41, 5.74) is -0.314. The molecule has 152 valence electrons. The molecule has 28 heavy (non-hydrogen) atoms. The molecule has 3 rings (SSSR count). The highest BCUT2D eigenvalue weighted by Crippen LogP contribution is 2.39. The van der Waals surface area contributed by atoms with Crippen LogP contribution in [0.1, 0.15) is 49.9 Å². The van der Waals surface area contributed by atoms with Gasteiger partial charge >= 0.3 is 0 Å². The fourth-order valence-electron chi connectivity index (χ4n) is 3.57. The molecule has 2 fully saturated rings. The van der Waals surface area contributed by atoms with Crippen LogP contribution in [0.25, 0.3) is 0 Å². The van der Waals surface area contributed by atoms with Crippen LogP contribution in [0, 0.1) is 5.92 Å². The molecule has 0 spiro atoms. The maximum absolute atomic E-state index is 13.9. The number of benzene rings is 1. The first kappa shape index (κ1) is 20.2.